The lowest BCUT2D eigenvalue weighted by Crippen LogP contribution is -2.54. The zero-order valence-electron chi connectivity index (χ0n) is 12.8. The third-order valence-electron chi connectivity index (χ3n) is 3.57. The molecule has 1 heterocycles. The highest BCUT2D eigenvalue weighted by Crippen LogP contribution is 2.11. The van der Waals surface area contributed by atoms with Crippen LogP contribution in [0.5, 0.6) is 5.75 Å². The SMILES string of the molecule is COc1ccc(C(=O)NCC(=O)N2CCNC[C@H]2C)cc1.Cl. The number of methoxy groups -OCH3 is 1. The molecule has 122 valence electrons. The number of ether oxygens (including phenoxy) is 1. The molecule has 0 aromatic heterocycles. The Morgan fingerprint density at radius 3 is 2.64 bits per heavy atom. The summed E-state index contributed by atoms with van der Waals surface area (Å²) < 4.78 is 5.04. The maximum absolute atomic E-state index is 12.1. The molecule has 1 aromatic rings. The van der Waals surface area contributed by atoms with Crippen molar-refractivity contribution in [2.45, 2.75) is 13.0 Å². The molecular weight excluding hydrogens is 306 g/mol. The summed E-state index contributed by atoms with van der Waals surface area (Å²) in [6.07, 6.45) is 0. The minimum absolute atomic E-state index is 0. The van der Waals surface area contributed by atoms with Crippen molar-refractivity contribution >= 4 is 24.2 Å². The van der Waals surface area contributed by atoms with E-state index in [1.807, 2.05) is 6.92 Å². The molecule has 0 unspecified atom stereocenters. The quantitative estimate of drug-likeness (QED) is 0.852. The minimum atomic E-state index is -0.256. The molecule has 1 atom stereocenters. The summed E-state index contributed by atoms with van der Waals surface area (Å²) in [5, 5.41) is 5.89. The van der Waals surface area contributed by atoms with Crippen LogP contribution in [0.4, 0.5) is 0 Å². The van der Waals surface area contributed by atoms with Crippen molar-refractivity contribution in [3.05, 3.63) is 29.8 Å². The molecule has 0 saturated carbocycles. The topological polar surface area (TPSA) is 70.7 Å². The van der Waals surface area contributed by atoms with Gasteiger partial charge in [0.25, 0.3) is 5.91 Å². The van der Waals surface area contributed by atoms with Gasteiger partial charge in [-0.05, 0) is 31.2 Å². The molecular formula is C15H22ClN3O3. The Labute approximate surface area is 136 Å². The minimum Gasteiger partial charge on any atom is -0.497 e. The Morgan fingerprint density at radius 2 is 2.05 bits per heavy atom. The predicted molar refractivity (Wildman–Crippen MR) is 86.6 cm³/mol. The van der Waals surface area contributed by atoms with Gasteiger partial charge in [0.2, 0.25) is 5.91 Å². The Morgan fingerprint density at radius 1 is 1.36 bits per heavy atom. The van der Waals surface area contributed by atoms with Crippen LogP contribution in [0, 0.1) is 0 Å². The van der Waals surface area contributed by atoms with Crippen LogP contribution in [0.1, 0.15) is 17.3 Å². The van der Waals surface area contributed by atoms with Crippen LogP contribution >= 0.6 is 12.4 Å². The van der Waals surface area contributed by atoms with Crippen molar-refractivity contribution in [3.63, 3.8) is 0 Å². The van der Waals surface area contributed by atoms with Crippen LogP contribution in [-0.2, 0) is 4.79 Å². The lowest BCUT2D eigenvalue weighted by Gasteiger charge is -2.34. The van der Waals surface area contributed by atoms with Gasteiger partial charge in [-0.3, -0.25) is 9.59 Å². The Bertz CT molecular complexity index is 507. The number of carbonyl (C=O) groups is 2. The van der Waals surface area contributed by atoms with Crippen LogP contribution < -0.4 is 15.4 Å². The molecule has 1 aliphatic heterocycles. The molecule has 1 fully saturated rings. The van der Waals surface area contributed by atoms with Crippen molar-refractivity contribution < 1.29 is 14.3 Å². The van der Waals surface area contributed by atoms with Crippen LogP contribution in [0.25, 0.3) is 0 Å². The number of benzene rings is 1. The first-order valence-corrected chi connectivity index (χ1v) is 7.04. The van der Waals surface area contributed by atoms with Crippen molar-refractivity contribution in [2.24, 2.45) is 0 Å². The van der Waals surface area contributed by atoms with Gasteiger partial charge in [-0.1, -0.05) is 0 Å². The van der Waals surface area contributed by atoms with Gasteiger partial charge in [-0.15, -0.1) is 12.4 Å². The molecule has 2 rings (SSSR count). The monoisotopic (exact) mass is 327 g/mol. The molecule has 0 bridgehead atoms. The van der Waals surface area contributed by atoms with Crippen LogP contribution in [0.2, 0.25) is 0 Å². The number of hydrogen-bond acceptors (Lipinski definition) is 4. The van der Waals surface area contributed by atoms with Gasteiger partial charge < -0.3 is 20.3 Å². The summed E-state index contributed by atoms with van der Waals surface area (Å²) in [7, 11) is 1.57. The Balaban J connectivity index is 0.00000242. The van der Waals surface area contributed by atoms with Crippen molar-refractivity contribution in [2.75, 3.05) is 33.3 Å². The zero-order chi connectivity index (χ0) is 15.2. The summed E-state index contributed by atoms with van der Waals surface area (Å²) in [5.74, 6) is 0.386. The lowest BCUT2D eigenvalue weighted by atomic mass is 10.2. The molecule has 1 aromatic carbocycles. The Kier molecular flexibility index (Phi) is 7.14. The first-order chi connectivity index (χ1) is 10.1. The number of hydrogen-bond donors (Lipinski definition) is 2. The van der Waals surface area contributed by atoms with E-state index in [0.29, 0.717) is 17.9 Å². The lowest BCUT2D eigenvalue weighted by molar-refractivity contribution is -0.132. The Hall–Kier alpha value is -1.79. The number of rotatable bonds is 4. The van der Waals surface area contributed by atoms with Gasteiger partial charge in [0.15, 0.2) is 0 Å². The zero-order valence-corrected chi connectivity index (χ0v) is 13.6. The maximum Gasteiger partial charge on any atom is 0.251 e. The summed E-state index contributed by atoms with van der Waals surface area (Å²) in [6.45, 7) is 4.28. The third kappa shape index (κ3) is 4.61. The highest BCUT2D eigenvalue weighted by Gasteiger charge is 2.23. The number of nitrogens with zero attached hydrogens (tertiary/aromatic N) is 1. The average molecular weight is 328 g/mol. The molecule has 2 N–H and O–H groups in total. The largest absolute Gasteiger partial charge is 0.497 e. The molecule has 0 spiro atoms. The van der Waals surface area contributed by atoms with Crippen molar-refractivity contribution in [3.8, 4) is 5.75 Å². The van der Waals surface area contributed by atoms with E-state index in [2.05, 4.69) is 10.6 Å². The highest BCUT2D eigenvalue weighted by molar-refractivity contribution is 5.96. The first kappa shape index (κ1) is 18.3. The summed E-state index contributed by atoms with van der Waals surface area (Å²) >= 11 is 0. The molecule has 0 aliphatic carbocycles. The van der Waals surface area contributed by atoms with Gasteiger partial charge in [-0.2, -0.15) is 0 Å². The van der Waals surface area contributed by atoms with E-state index < -0.39 is 0 Å². The molecule has 2 amide bonds. The van der Waals surface area contributed by atoms with Crippen molar-refractivity contribution in [1.29, 1.82) is 0 Å². The molecule has 1 saturated heterocycles. The number of halogens is 1. The fourth-order valence-corrected chi connectivity index (χ4v) is 2.31. The van der Waals surface area contributed by atoms with Gasteiger partial charge >= 0.3 is 0 Å². The van der Waals surface area contributed by atoms with E-state index >= 15 is 0 Å². The van der Waals surface area contributed by atoms with Gasteiger partial charge in [0, 0.05) is 31.2 Å². The molecule has 7 heteroatoms. The van der Waals surface area contributed by atoms with Gasteiger partial charge in [0.1, 0.15) is 5.75 Å². The summed E-state index contributed by atoms with van der Waals surface area (Å²) in [5.41, 5.74) is 0.511. The highest BCUT2D eigenvalue weighted by atomic mass is 35.5. The molecule has 22 heavy (non-hydrogen) atoms. The smallest absolute Gasteiger partial charge is 0.251 e. The molecule has 0 radical (unpaired) electrons. The fourth-order valence-electron chi connectivity index (χ4n) is 2.31. The van der Waals surface area contributed by atoms with Gasteiger partial charge in [0.05, 0.1) is 13.7 Å². The summed E-state index contributed by atoms with van der Waals surface area (Å²) in [6, 6.07) is 6.94. The predicted octanol–water partition coefficient (Wildman–Crippen LogP) is 0.667. The number of amides is 2. The number of nitrogens with one attached hydrogen (secondary N) is 2. The van der Waals surface area contributed by atoms with E-state index in [9.17, 15) is 9.59 Å². The number of piperazine rings is 1. The maximum atomic E-state index is 12.1. The summed E-state index contributed by atoms with van der Waals surface area (Å²) in [4.78, 5) is 25.9. The fraction of sp³-hybridized carbons (Fsp3) is 0.467. The third-order valence-corrected chi connectivity index (χ3v) is 3.57. The molecule has 6 nitrogen and oxygen atoms in total. The van der Waals surface area contributed by atoms with E-state index in [0.717, 1.165) is 13.1 Å². The standard InChI is InChI=1S/C15H21N3O3.ClH/c1-11-9-16-7-8-18(11)14(19)10-17-15(20)12-3-5-13(21-2)6-4-12;/h3-6,11,16H,7-10H2,1-2H3,(H,17,20);1H/t11-;/m1./s1. The second kappa shape index (κ2) is 8.60. The van der Waals surface area contributed by atoms with Crippen LogP contribution in [-0.4, -0.2) is 56.0 Å². The van der Waals surface area contributed by atoms with E-state index in [4.69, 9.17) is 4.74 Å². The number of carbonyl (C=O) groups excluding carboxylic acids is 2. The first-order valence-electron chi connectivity index (χ1n) is 7.04. The second-order valence-electron chi connectivity index (χ2n) is 5.05. The molecule has 1 aliphatic rings. The van der Waals surface area contributed by atoms with E-state index in [1.54, 1.807) is 36.3 Å². The van der Waals surface area contributed by atoms with Crippen LogP contribution in [0.3, 0.4) is 0 Å². The van der Waals surface area contributed by atoms with Crippen molar-refractivity contribution in [1.82, 2.24) is 15.5 Å². The van der Waals surface area contributed by atoms with Crippen LogP contribution in [0.15, 0.2) is 24.3 Å². The normalized spacial score (nSPS) is 17.4. The van der Waals surface area contributed by atoms with Gasteiger partial charge in [-0.25, -0.2) is 0 Å². The second-order valence-corrected chi connectivity index (χ2v) is 5.05. The van der Waals surface area contributed by atoms with E-state index in [1.165, 1.54) is 0 Å². The average Bonchev–Trinajstić information content (AvgIpc) is 2.52. The van der Waals surface area contributed by atoms with E-state index in [-0.39, 0.29) is 36.8 Å².